The Bertz CT molecular complexity index is 542. The molecule has 2 aromatic rings. The Hall–Kier alpha value is -1.33. The van der Waals surface area contributed by atoms with Gasteiger partial charge in [-0.15, -0.1) is 0 Å². The average molecular weight is 325 g/mol. The Morgan fingerprint density at radius 2 is 2.00 bits per heavy atom. The van der Waals surface area contributed by atoms with Crippen molar-refractivity contribution in [2.24, 2.45) is 7.05 Å². The van der Waals surface area contributed by atoms with Gasteiger partial charge in [0.1, 0.15) is 11.4 Å². The lowest BCUT2D eigenvalue weighted by atomic mass is 9.93. The van der Waals surface area contributed by atoms with Gasteiger partial charge in [-0.3, -0.25) is 4.68 Å². The largest absolute Gasteiger partial charge is 0.497 e. The lowest BCUT2D eigenvalue weighted by molar-refractivity contribution is 0.0482. The van der Waals surface area contributed by atoms with Gasteiger partial charge < -0.3 is 9.84 Å². The van der Waals surface area contributed by atoms with Crippen LogP contribution in [0, 0.1) is 0 Å². The molecule has 0 amide bonds. The minimum atomic E-state index is -0.987. The van der Waals surface area contributed by atoms with Crippen molar-refractivity contribution < 1.29 is 9.84 Å². The standard InChI is InChI=1S/C14H17BrN2O2/c1-14(18,13-12(15)9-16-17(13)2)8-10-4-6-11(19-3)7-5-10/h4-7,9,18H,8H2,1-3H3. The van der Waals surface area contributed by atoms with E-state index in [0.29, 0.717) is 6.42 Å². The molecule has 1 N–H and O–H groups in total. The molecule has 0 fully saturated rings. The van der Waals surface area contributed by atoms with E-state index >= 15 is 0 Å². The van der Waals surface area contributed by atoms with Gasteiger partial charge in [0, 0.05) is 13.5 Å². The zero-order valence-electron chi connectivity index (χ0n) is 11.2. The summed E-state index contributed by atoms with van der Waals surface area (Å²) in [7, 11) is 3.46. The van der Waals surface area contributed by atoms with E-state index in [0.717, 1.165) is 21.5 Å². The van der Waals surface area contributed by atoms with Gasteiger partial charge >= 0.3 is 0 Å². The van der Waals surface area contributed by atoms with E-state index in [4.69, 9.17) is 4.74 Å². The highest BCUT2D eigenvalue weighted by atomic mass is 79.9. The number of aliphatic hydroxyl groups is 1. The number of ether oxygens (including phenoxy) is 1. The molecule has 2 rings (SSSR count). The first-order chi connectivity index (χ1) is 8.94. The van der Waals surface area contributed by atoms with Gasteiger partial charge in [-0.05, 0) is 40.5 Å². The van der Waals surface area contributed by atoms with Gasteiger partial charge in [-0.1, -0.05) is 12.1 Å². The topological polar surface area (TPSA) is 47.3 Å². The molecule has 0 spiro atoms. The molecule has 0 bridgehead atoms. The summed E-state index contributed by atoms with van der Waals surface area (Å²) in [6, 6.07) is 7.70. The Kier molecular flexibility index (Phi) is 3.96. The van der Waals surface area contributed by atoms with E-state index in [2.05, 4.69) is 21.0 Å². The maximum absolute atomic E-state index is 10.7. The summed E-state index contributed by atoms with van der Waals surface area (Å²) in [5.41, 5.74) is 0.820. The fourth-order valence-corrected chi connectivity index (χ4v) is 3.02. The predicted molar refractivity (Wildman–Crippen MR) is 77.2 cm³/mol. The molecule has 1 unspecified atom stereocenters. The number of aryl methyl sites for hydroxylation is 1. The third-order valence-corrected chi connectivity index (χ3v) is 3.69. The van der Waals surface area contributed by atoms with E-state index in [1.807, 2.05) is 31.3 Å². The SMILES string of the molecule is COc1ccc(CC(C)(O)c2c(Br)cnn2C)cc1. The average Bonchev–Trinajstić information content (AvgIpc) is 2.70. The van der Waals surface area contributed by atoms with Crippen molar-refractivity contribution in [2.45, 2.75) is 18.9 Å². The third-order valence-electron chi connectivity index (χ3n) is 3.11. The molecule has 0 radical (unpaired) electrons. The Morgan fingerprint density at radius 1 is 1.37 bits per heavy atom. The molecule has 19 heavy (non-hydrogen) atoms. The van der Waals surface area contributed by atoms with Crippen LogP contribution in [0.1, 0.15) is 18.2 Å². The van der Waals surface area contributed by atoms with E-state index in [1.165, 1.54) is 0 Å². The first kappa shape index (κ1) is 14.1. The first-order valence-corrected chi connectivity index (χ1v) is 6.76. The molecule has 1 aromatic carbocycles. The second kappa shape index (κ2) is 5.35. The van der Waals surface area contributed by atoms with Crippen LogP contribution < -0.4 is 4.74 Å². The maximum Gasteiger partial charge on any atom is 0.118 e. The monoisotopic (exact) mass is 324 g/mol. The number of nitrogens with zero attached hydrogens (tertiary/aromatic N) is 2. The Morgan fingerprint density at radius 3 is 2.47 bits per heavy atom. The van der Waals surface area contributed by atoms with Crippen molar-refractivity contribution in [1.29, 1.82) is 0 Å². The number of hydrogen-bond acceptors (Lipinski definition) is 3. The predicted octanol–water partition coefficient (Wildman–Crippen LogP) is 2.64. The van der Waals surface area contributed by atoms with Gasteiger partial charge in [0.15, 0.2) is 0 Å². The first-order valence-electron chi connectivity index (χ1n) is 5.97. The summed E-state index contributed by atoms with van der Waals surface area (Å²) in [5.74, 6) is 0.810. The zero-order valence-corrected chi connectivity index (χ0v) is 12.8. The van der Waals surface area contributed by atoms with Crippen molar-refractivity contribution in [3.63, 3.8) is 0 Å². The van der Waals surface area contributed by atoms with Crippen LogP contribution >= 0.6 is 15.9 Å². The van der Waals surface area contributed by atoms with E-state index < -0.39 is 5.60 Å². The minimum Gasteiger partial charge on any atom is -0.497 e. The number of halogens is 1. The summed E-state index contributed by atoms with van der Waals surface area (Å²) >= 11 is 3.43. The van der Waals surface area contributed by atoms with Crippen LogP contribution in [0.25, 0.3) is 0 Å². The highest BCUT2D eigenvalue weighted by Crippen LogP contribution is 2.31. The molecule has 102 valence electrons. The van der Waals surface area contributed by atoms with E-state index in [-0.39, 0.29) is 0 Å². The molecule has 0 aliphatic heterocycles. The Balaban J connectivity index is 2.25. The van der Waals surface area contributed by atoms with Crippen LogP contribution in [0.4, 0.5) is 0 Å². The summed E-state index contributed by atoms with van der Waals surface area (Å²) in [6.07, 6.45) is 2.20. The minimum absolute atomic E-state index is 0.509. The molecule has 1 aromatic heterocycles. The van der Waals surface area contributed by atoms with Crippen molar-refractivity contribution in [2.75, 3.05) is 7.11 Å². The van der Waals surface area contributed by atoms with Crippen molar-refractivity contribution in [1.82, 2.24) is 9.78 Å². The van der Waals surface area contributed by atoms with Crippen molar-refractivity contribution in [3.05, 3.63) is 46.2 Å². The molecule has 0 aliphatic carbocycles. The van der Waals surface area contributed by atoms with Gasteiger partial charge in [-0.25, -0.2) is 0 Å². The van der Waals surface area contributed by atoms with Crippen LogP contribution in [0.3, 0.4) is 0 Å². The summed E-state index contributed by atoms with van der Waals surface area (Å²) < 4.78 is 7.63. The van der Waals surface area contributed by atoms with Gasteiger partial charge in [0.2, 0.25) is 0 Å². The van der Waals surface area contributed by atoms with Gasteiger partial charge in [0.25, 0.3) is 0 Å². The van der Waals surface area contributed by atoms with Crippen molar-refractivity contribution >= 4 is 15.9 Å². The smallest absolute Gasteiger partial charge is 0.118 e. The summed E-state index contributed by atoms with van der Waals surface area (Å²) in [4.78, 5) is 0. The number of benzene rings is 1. The number of hydrogen-bond donors (Lipinski definition) is 1. The fourth-order valence-electron chi connectivity index (χ4n) is 2.24. The maximum atomic E-state index is 10.7. The lowest BCUT2D eigenvalue weighted by Gasteiger charge is -2.24. The second-order valence-corrected chi connectivity index (χ2v) is 5.62. The number of rotatable bonds is 4. The van der Waals surface area contributed by atoms with E-state index in [1.54, 1.807) is 24.9 Å². The second-order valence-electron chi connectivity index (χ2n) is 4.76. The highest BCUT2D eigenvalue weighted by Gasteiger charge is 2.29. The summed E-state index contributed by atoms with van der Waals surface area (Å²) in [5, 5.41) is 14.8. The van der Waals surface area contributed by atoms with Crippen LogP contribution in [0.2, 0.25) is 0 Å². The van der Waals surface area contributed by atoms with Gasteiger partial charge in [-0.2, -0.15) is 5.10 Å². The molecular formula is C14H17BrN2O2. The normalized spacial score (nSPS) is 14.2. The van der Waals surface area contributed by atoms with Crippen LogP contribution in [-0.2, 0) is 19.1 Å². The van der Waals surface area contributed by atoms with Crippen LogP contribution in [0.15, 0.2) is 34.9 Å². The molecule has 5 heteroatoms. The fraction of sp³-hybridized carbons (Fsp3) is 0.357. The van der Waals surface area contributed by atoms with Crippen molar-refractivity contribution in [3.8, 4) is 5.75 Å². The molecule has 0 saturated carbocycles. The quantitative estimate of drug-likeness (QED) is 0.940. The molecule has 0 saturated heterocycles. The van der Waals surface area contributed by atoms with E-state index in [9.17, 15) is 5.11 Å². The lowest BCUT2D eigenvalue weighted by Crippen LogP contribution is -2.27. The van der Waals surface area contributed by atoms with Crippen LogP contribution in [-0.4, -0.2) is 22.0 Å². The zero-order chi connectivity index (χ0) is 14.0. The highest BCUT2D eigenvalue weighted by molar-refractivity contribution is 9.10. The molecule has 0 aliphatic rings. The molecular weight excluding hydrogens is 308 g/mol. The molecule has 1 heterocycles. The van der Waals surface area contributed by atoms with Crippen LogP contribution in [0.5, 0.6) is 5.75 Å². The molecule has 1 atom stereocenters. The van der Waals surface area contributed by atoms with Gasteiger partial charge in [0.05, 0.1) is 23.5 Å². The number of aromatic nitrogens is 2. The third kappa shape index (κ3) is 2.98. The summed E-state index contributed by atoms with van der Waals surface area (Å²) in [6.45, 7) is 1.79. The number of methoxy groups -OCH3 is 1. The molecule has 4 nitrogen and oxygen atoms in total. The Labute approximate surface area is 121 Å².